The maximum absolute atomic E-state index is 12.7. The van der Waals surface area contributed by atoms with Gasteiger partial charge in [-0.2, -0.15) is 0 Å². The number of nitrogens with one attached hydrogen (secondary N) is 1. The van der Waals surface area contributed by atoms with Gasteiger partial charge < -0.3 is 10.1 Å². The SMILES string of the molecule is O=C1N=Cc2ccccc2Nc2ncnc3ccc(cc23)OC/C=C\CC(=O)n2cccc21. The van der Waals surface area contributed by atoms with Crippen molar-refractivity contribution >= 4 is 40.4 Å². The molecule has 0 fully saturated rings. The number of rotatable bonds is 0. The third kappa shape index (κ3) is 4.27. The van der Waals surface area contributed by atoms with E-state index in [9.17, 15) is 9.59 Å². The summed E-state index contributed by atoms with van der Waals surface area (Å²) in [6.45, 7) is 0.292. The Bertz CT molecular complexity index is 1420. The van der Waals surface area contributed by atoms with E-state index in [1.165, 1.54) is 17.1 Å². The molecule has 8 nitrogen and oxygen atoms in total. The van der Waals surface area contributed by atoms with Gasteiger partial charge in [-0.15, -0.1) is 0 Å². The Kier molecular flexibility index (Phi) is 5.47. The lowest BCUT2D eigenvalue weighted by Gasteiger charge is -2.12. The summed E-state index contributed by atoms with van der Waals surface area (Å²) in [5.41, 5.74) is 2.38. The molecule has 5 rings (SSSR count). The van der Waals surface area contributed by atoms with Gasteiger partial charge in [-0.3, -0.25) is 14.2 Å². The summed E-state index contributed by atoms with van der Waals surface area (Å²) in [5.74, 6) is 0.526. The fourth-order valence-electron chi connectivity index (χ4n) is 3.54. The number of hydrogen-bond acceptors (Lipinski definition) is 6. The second-order valence-corrected chi connectivity index (χ2v) is 7.32. The molecular weight excluding hydrogens is 418 g/mol. The Morgan fingerprint density at radius 2 is 1.88 bits per heavy atom. The average molecular weight is 437 g/mol. The molecule has 8 heteroatoms. The number of anilines is 2. The van der Waals surface area contributed by atoms with Gasteiger partial charge in [-0.05, 0) is 36.4 Å². The maximum atomic E-state index is 12.7. The van der Waals surface area contributed by atoms with E-state index < -0.39 is 5.91 Å². The molecule has 0 saturated carbocycles. The van der Waals surface area contributed by atoms with E-state index in [1.54, 1.807) is 30.5 Å². The molecule has 0 spiro atoms. The van der Waals surface area contributed by atoms with Gasteiger partial charge in [0.2, 0.25) is 5.91 Å². The standard InChI is InChI=1S/C25H19N5O3/c31-23-9-3-4-13-33-18-10-11-21-19(14-18)24(28-16-27-21)29-20-7-2-1-6-17(20)15-26-25(32)22-8-5-12-30(22)23/h1-8,10-12,14-16H,9,13H2,(H,27,28,29)/b4-3-,26-15?. The lowest BCUT2D eigenvalue weighted by atomic mass is 10.1. The van der Waals surface area contributed by atoms with Gasteiger partial charge in [0.05, 0.1) is 5.52 Å². The smallest absolute Gasteiger partial charge is 0.294 e. The van der Waals surface area contributed by atoms with E-state index in [2.05, 4.69) is 20.3 Å². The molecule has 1 aliphatic rings. The minimum Gasteiger partial charge on any atom is -0.490 e. The van der Waals surface area contributed by atoms with Crippen molar-refractivity contribution in [3.8, 4) is 5.75 Å². The molecule has 0 atom stereocenters. The highest BCUT2D eigenvalue weighted by Crippen LogP contribution is 2.28. The molecule has 3 heterocycles. The van der Waals surface area contributed by atoms with Gasteiger partial charge in [0.15, 0.2) is 0 Å². The third-order valence-corrected chi connectivity index (χ3v) is 5.18. The molecule has 2 aromatic heterocycles. The molecule has 1 N–H and O–H groups in total. The Balaban J connectivity index is 1.59. The van der Waals surface area contributed by atoms with Crippen LogP contribution in [0.5, 0.6) is 5.75 Å². The number of aliphatic imine (C=N–C) groups is 1. The Hall–Kier alpha value is -4.59. The van der Waals surface area contributed by atoms with E-state index in [-0.39, 0.29) is 18.0 Å². The lowest BCUT2D eigenvalue weighted by molar-refractivity contribution is 0.0891. The summed E-state index contributed by atoms with van der Waals surface area (Å²) in [7, 11) is 0. The summed E-state index contributed by atoms with van der Waals surface area (Å²) in [6.07, 6.45) is 8.15. The van der Waals surface area contributed by atoms with Crippen molar-refractivity contribution in [1.29, 1.82) is 0 Å². The number of para-hydroxylation sites is 1. The van der Waals surface area contributed by atoms with Crippen LogP contribution in [0, 0.1) is 0 Å². The van der Waals surface area contributed by atoms with Crippen molar-refractivity contribution in [1.82, 2.24) is 14.5 Å². The summed E-state index contributed by atoms with van der Waals surface area (Å²) in [4.78, 5) is 38.2. The highest BCUT2D eigenvalue weighted by Gasteiger charge is 2.14. The number of carbonyl (C=O) groups is 2. The number of benzene rings is 2. The van der Waals surface area contributed by atoms with Gasteiger partial charge in [-0.1, -0.05) is 30.4 Å². The van der Waals surface area contributed by atoms with E-state index >= 15 is 0 Å². The van der Waals surface area contributed by atoms with Crippen LogP contribution in [0.2, 0.25) is 0 Å². The predicted octanol–water partition coefficient (Wildman–Crippen LogP) is 4.41. The monoisotopic (exact) mass is 437 g/mol. The van der Waals surface area contributed by atoms with Crippen LogP contribution in [0.3, 0.4) is 0 Å². The van der Waals surface area contributed by atoms with Crippen molar-refractivity contribution < 1.29 is 14.3 Å². The average Bonchev–Trinajstić information content (AvgIpc) is 3.33. The number of allylic oxidation sites excluding steroid dienone is 1. The van der Waals surface area contributed by atoms with Crippen LogP contribution < -0.4 is 10.1 Å². The summed E-state index contributed by atoms with van der Waals surface area (Å²) in [6, 6.07) is 16.2. The lowest BCUT2D eigenvalue weighted by Crippen LogP contribution is -2.15. The third-order valence-electron chi connectivity index (χ3n) is 5.18. The minimum absolute atomic E-state index is 0.129. The first-order valence-electron chi connectivity index (χ1n) is 10.4. The van der Waals surface area contributed by atoms with Gasteiger partial charge in [0, 0.05) is 35.5 Å². The first-order valence-corrected chi connectivity index (χ1v) is 10.4. The van der Waals surface area contributed by atoms with E-state index in [0.29, 0.717) is 23.7 Å². The summed E-state index contributed by atoms with van der Waals surface area (Å²) in [5, 5.41) is 4.10. The van der Waals surface area contributed by atoms with Gasteiger partial charge >= 0.3 is 0 Å². The van der Waals surface area contributed by atoms with Crippen LogP contribution in [0.15, 0.2) is 84.3 Å². The van der Waals surface area contributed by atoms with Gasteiger partial charge in [-0.25, -0.2) is 15.0 Å². The molecule has 4 aromatic rings. The van der Waals surface area contributed by atoms with Crippen molar-refractivity contribution in [2.45, 2.75) is 6.42 Å². The Labute approximate surface area is 189 Å². The Morgan fingerprint density at radius 3 is 2.82 bits per heavy atom. The maximum Gasteiger partial charge on any atom is 0.294 e. The van der Waals surface area contributed by atoms with Crippen molar-refractivity contribution in [2.75, 3.05) is 11.9 Å². The normalized spacial score (nSPS) is 15.2. The number of ether oxygens (including phenoxy) is 1. The van der Waals surface area contributed by atoms with Crippen LogP contribution in [-0.2, 0) is 0 Å². The number of fused-ring (bicyclic) bond motifs is 3. The topological polar surface area (TPSA) is 98.5 Å². The van der Waals surface area contributed by atoms with Crippen LogP contribution in [-0.4, -0.2) is 39.2 Å². The highest BCUT2D eigenvalue weighted by molar-refractivity contribution is 6.05. The predicted molar refractivity (Wildman–Crippen MR) is 125 cm³/mol. The summed E-state index contributed by atoms with van der Waals surface area (Å²) >= 11 is 0. The van der Waals surface area contributed by atoms with Gasteiger partial charge in [0.1, 0.15) is 30.2 Å². The highest BCUT2D eigenvalue weighted by atomic mass is 16.5. The second kappa shape index (κ2) is 8.88. The van der Waals surface area contributed by atoms with E-state index in [4.69, 9.17) is 4.74 Å². The van der Waals surface area contributed by atoms with Crippen molar-refractivity contribution in [2.24, 2.45) is 4.99 Å². The van der Waals surface area contributed by atoms with Crippen LogP contribution >= 0.6 is 0 Å². The van der Waals surface area contributed by atoms with Crippen LogP contribution in [0.1, 0.15) is 27.3 Å². The largest absolute Gasteiger partial charge is 0.490 e. The molecule has 1 aliphatic heterocycles. The number of amides is 1. The van der Waals surface area contributed by atoms with Crippen molar-refractivity contribution in [3.63, 3.8) is 0 Å². The first kappa shape index (κ1) is 20.3. The number of hydrogen-bond donors (Lipinski definition) is 1. The molecule has 0 aliphatic carbocycles. The van der Waals surface area contributed by atoms with E-state index in [1.807, 2.05) is 42.5 Å². The minimum atomic E-state index is -0.506. The van der Waals surface area contributed by atoms with Crippen LogP contribution in [0.4, 0.5) is 11.5 Å². The number of aromatic nitrogens is 3. The number of nitrogens with zero attached hydrogens (tertiary/aromatic N) is 4. The second-order valence-electron chi connectivity index (χ2n) is 7.32. The first-order chi connectivity index (χ1) is 16.2. The molecular formula is C25H19N5O3. The zero-order valence-corrected chi connectivity index (χ0v) is 17.5. The zero-order chi connectivity index (χ0) is 22.6. The fraction of sp³-hybridized carbons (Fsp3) is 0.0800. The zero-order valence-electron chi connectivity index (χ0n) is 17.5. The Morgan fingerprint density at radius 1 is 0.970 bits per heavy atom. The quantitative estimate of drug-likeness (QED) is 0.409. The molecule has 1 amide bonds. The molecule has 0 radical (unpaired) electrons. The van der Waals surface area contributed by atoms with Crippen LogP contribution in [0.25, 0.3) is 10.9 Å². The molecule has 162 valence electrons. The molecule has 2 aromatic carbocycles. The molecule has 0 saturated heterocycles. The van der Waals surface area contributed by atoms with Crippen molar-refractivity contribution in [3.05, 3.63) is 90.5 Å². The molecule has 2 bridgehead atoms. The fourth-order valence-corrected chi connectivity index (χ4v) is 3.54. The summed E-state index contributed by atoms with van der Waals surface area (Å²) < 4.78 is 7.14. The van der Waals surface area contributed by atoms with Gasteiger partial charge in [0.25, 0.3) is 5.91 Å². The van der Waals surface area contributed by atoms with E-state index in [0.717, 1.165) is 16.6 Å². The molecule has 33 heavy (non-hydrogen) atoms. The molecule has 0 unspecified atom stereocenters. The number of carbonyl (C=O) groups excluding carboxylic acids is 2.